The van der Waals surface area contributed by atoms with Gasteiger partial charge in [-0.15, -0.1) is 0 Å². The average molecular weight is 402 g/mol. The van der Waals surface area contributed by atoms with Crippen molar-refractivity contribution in [2.45, 2.75) is 13.0 Å². The first-order chi connectivity index (χ1) is 14.7. The second kappa shape index (κ2) is 9.22. The molecule has 5 nitrogen and oxygen atoms in total. The van der Waals surface area contributed by atoms with Gasteiger partial charge in [0.1, 0.15) is 17.4 Å². The summed E-state index contributed by atoms with van der Waals surface area (Å²) >= 11 is 0. The molecule has 0 atom stereocenters. The third-order valence-corrected chi connectivity index (χ3v) is 4.85. The van der Waals surface area contributed by atoms with E-state index >= 15 is 0 Å². The van der Waals surface area contributed by atoms with Gasteiger partial charge in [0.2, 0.25) is 5.95 Å². The van der Waals surface area contributed by atoms with Gasteiger partial charge in [-0.3, -0.25) is 0 Å². The highest BCUT2D eigenvalue weighted by atomic mass is 19.1. The zero-order valence-electron chi connectivity index (χ0n) is 16.7. The average Bonchev–Trinajstić information content (AvgIpc) is 2.79. The summed E-state index contributed by atoms with van der Waals surface area (Å²) in [5, 5.41) is 7.61. The van der Waals surface area contributed by atoms with Gasteiger partial charge in [0.15, 0.2) is 0 Å². The van der Waals surface area contributed by atoms with E-state index in [1.165, 1.54) is 12.1 Å². The predicted molar refractivity (Wildman–Crippen MR) is 118 cm³/mol. The van der Waals surface area contributed by atoms with E-state index in [1.54, 1.807) is 19.2 Å². The minimum absolute atomic E-state index is 0.243. The number of ether oxygens (including phenoxy) is 1. The number of methoxy groups -OCH3 is 1. The number of fused-ring (bicyclic) bond motifs is 1. The van der Waals surface area contributed by atoms with Gasteiger partial charge in [-0.05, 0) is 47.9 Å². The van der Waals surface area contributed by atoms with Crippen LogP contribution in [0, 0.1) is 5.82 Å². The van der Waals surface area contributed by atoms with Crippen LogP contribution in [0.2, 0.25) is 0 Å². The van der Waals surface area contributed by atoms with Gasteiger partial charge in [0, 0.05) is 18.5 Å². The molecule has 0 bridgehead atoms. The van der Waals surface area contributed by atoms with Crippen molar-refractivity contribution in [1.29, 1.82) is 0 Å². The summed E-state index contributed by atoms with van der Waals surface area (Å²) in [6.45, 7) is 1.22. The largest absolute Gasteiger partial charge is 0.496 e. The SMILES string of the molecule is COc1ccccc1CCNc1nc(NCc2ccc(F)cc2)c2ccccc2n1. The smallest absolute Gasteiger partial charge is 0.225 e. The van der Waals surface area contributed by atoms with E-state index in [0.717, 1.165) is 40.0 Å². The van der Waals surface area contributed by atoms with Crippen LogP contribution in [-0.4, -0.2) is 23.6 Å². The third kappa shape index (κ3) is 4.66. The van der Waals surface area contributed by atoms with Gasteiger partial charge >= 0.3 is 0 Å². The molecule has 0 aliphatic heterocycles. The van der Waals surface area contributed by atoms with Crippen molar-refractivity contribution < 1.29 is 9.13 Å². The third-order valence-electron chi connectivity index (χ3n) is 4.85. The van der Waals surface area contributed by atoms with Crippen molar-refractivity contribution in [1.82, 2.24) is 9.97 Å². The van der Waals surface area contributed by atoms with Crippen molar-refractivity contribution in [3.63, 3.8) is 0 Å². The number of benzene rings is 3. The monoisotopic (exact) mass is 402 g/mol. The first-order valence-electron chi connectivity index (χ1n) is 9.84. The van der Waals surface area contributed by atoms with Crippen LogP contribution in [0.3, 0.4) is 0 Å². The molecule has 0 saturated carbocycles. The molecule has 0 radical (unpaired) electrons. The Morgan fingerprint density at radius 2 is 1.63 bits per heavy atom. The van der Waals surface area contributed by atoms with Crippen LogP contribution in [0.5, 0.6) is 5.75 Å². The van der Waals surface area contributed by atoms with Gasteiger partial charge in [0.25, 0.3) is 0 Å². The van der Waals surface area contributed by atoms with Crippen LogP contribution < -0.4 is 15.4 Å². The topological polar surface area (TPSA) is 59.1 Å². The molecule has 0 aliphatic carbocycles. The Morgan fingerprint density at radius 3 is 2.47 bits per heavy atom. The highest BCUT2D eigenvalue weighted by Crippen LogP contribution is 2.23. The Hall–Kier alpha value is -3.67. The molecule has 0 saturated heterocycles. The van der Waals surface area contributed by atoms with Crippen molar-refractivity contribution in [3.05, 3.63) is 89.7 Å². The second-order valence-corrected chi connectivity index (χ2v) is 6.88. The normalized spacial score (nSPS) is 10.7. The number of hydrogen-bond donors (Lipinski definition) is 2. The summed E-state index contributed by atoms with van der Waals surface area (Å²) in [7, 11) is 1.68. The molecule has 4 rings (SSSR count). The van der Waals surface area contributed by atoms with Crippen LogP contribution in [0.25, 0.3) is 10.9 Å². The Morgan fingerprint density at radius 1 is 0.867 bits per heavy atom. The van der Waals surface area contributed by atoms with Crippen LogP contribution in [0.15, 0.2) is 72.8 Å². The molecule has 0 spiro atoms. The van der Waals surface area contributed by atoms with Crippen LogP contribution in [0.4, 0.5) is 16.2 Å². The molecule has 0 unspecified atom stereocenters. The summed E-state index contributed by atoms with van der Waals surface area (Å²) in [5.74, 6) is 1.93. The molecule has 0 amide bonds. The highest BCUT2D eigenvalue weighted by molar-refractivity contribution is 5.90. The molecule has 1 aromatic heterocycles. The fraction of sp³-hybridized carbons (Fsp3) is 0.167. The Balaban J connectivity index is 1.50. The number of halogens is 1. The molecule has 6 heteroatoms. The number of para-hydroxylation sites is 2. The van der Waals surface area contributed by atoms with E-state index in [0.29, 0.717) is 19.0 Å². The second-order valence-electron chi connectivity index (χ2n) is 6.88. The first kappa shape index (κ1) is 19.6. The number of nitrogens with one attached hydrogen (secondary N) is 2. The lowest BCUT2D eigenvalue weighted by Crippen LogP contribution is -2.11. The van der Waals surface area contributed by atoms with Crippen molar-refractivity contribution in [2.75, 3.05) is 24.3 Å². The Kier molecular flexibility index (Phi) is 6.03. The van der Waals surface area contributed by atoms with Crippen LogP contribution in [0.1, 0.15) is 11.1 Å². The maximum Gasteiger partial charge on any atom is 0.225 e. The summed E-state index contributed by atoms with van der Waals surface area (Å²) in [5.41, 5.74) is 2.96. The van der Waals surface area contributed by atoms with Crippen molar-refractivity contribution in [2.24, 2.45) is 0 Å². The van der Waals surface area contributed by atoms with Gasteiger partial charge in [-0.2, -0.15) is 4.98 Å². The molecule has 3 aromatic carbocycles. The predicted octanol–water partition coefficient (Wildman–Crippen LogP) is 5.04. The molecule has 152 valence electrons. The van der Waals surface area contributed by atoms with Crippen molar-refractivity contribution >= 4 is 22.7 Å². The van der Waals surface area contributed by atoms with Gasteiger partial charge in [0.05, 0.1) is 12.6 Å². The van der Waals surface area contributed by atoms with Gasteiger partial charge < -0.3 is 15.4 Å². The summed E-state index contributed by atoms with van der Waals surface area (Å²) in [4.78, 5) is 9.30. The van der Waals surface area contributed by atoms with Gasteiger partial charge in [-0.1, -0.05) is 42.5 Å². The lowest BCUT2D eigenvalue weighted by Gasteiger charge is -2.13. The minimum atomic E-state index is -0.243. The highest BCUT2D eigenvalue weighted by Gasteiger charge is 2.08. The number of hydrogen-bond acceptors (Lipinski definition) is 5. The lowest BCUT2D eigenvalue weighted by molar-refractivity contribution is 0.410. The summed E-state index contributed by atoms with van der Waals surface area (Å²) < 4.78 is 18.6. The van der Waals surface area contributed by atoms with E-state index in [1.807, 2.05) is 42.5 Å². The molecule has 1 heterocycles. The van der Waals surface area contributed by atoms with Gasteiger partial charge in [-0.25, -0.2) is 9.37 Å². The Labute approximate surface area is 175 Å². The fourth-order valence-corrected chi connectivity index (χ4v) is 3.30. The molecule has 2 N–H and O–H groups in total. The van der Waals surface area contributed by atoms with Crippen molar-refractivity contribution in [3.8, 4) is 5.75 Å². The summed E-state index contributed by atoms with van der Waals surface area (Å²) in [6, 6.07) is 22.3. The number of rotatable bonds is 8. The standard InChI is InChI=1S/C24H23FN4O/c1-30-22-9-5-2-6-18(22)14-15-26-24-28-21-8-4-3-7-20(21)23(29-24)27-16-17-10-12-19(25)13-11-17/h2-13H,14-16H2,1H3,(H2,26,27,28,29). The molecule has 0 fully saturated rings. The first-order valence-corrected chi connectivity index (χ1v) is 9.84. The lowest BCUT2D eigenvalue weighted by atomic mass is 10.1. The van der Waals surface area contributed by atoms with E-state index in [9.17, 15) is 4.39 Å². The number of nitrogens with zero attached hydrogens (tertiary/aromatic N) is 2. The zero-order valence-corrected chi connectivity index (χ0v) is 16.7. The molecular weight excluding hydrogens is 379 g/mol. The fourth-order valence-electron chi connectivity index (χ4n) is 3.30. The molecule has 30 heavy (non-hydrogen) atoms. The summed E-state index contributed by atoms with van der Waals surface area (Å²) in [6.07, 6.45) is 0.790. The number of anilines is 2. The van der Waals surface area contributed by atoms with E-state index in [4.69, 9.17) is 4.74 Å². The molecular formula is C24H23FN4O. The van der Waals surface area contributed by atoms with E-state index < -0.39 is 0 Å². The number of aromatic nitrogens is 2. The Bertz CT molecular complexity index is 1130. The zero-order chi connectivity index (χ0) is 20.8. The molecule has 4 aromatic rings. The maximum atomic E-state index is 13.1. The van der Waals surface area contributed by atoms with E-state index in [-0.39, 0.29) is 5.82 Å². The molecule has 0 aliphatic rings. The van der Waals surface area contributed by atoms with Crippen LogP contribution in [-0.2, 0) is 13.0 Å². The quantitative estimate of drug-likeness (QED) is 0.432. The maximum absolute atomic E-state index is 13.1. The minimum Gasteiger partial charge on any atom is -0.496 e. The van der Waals surface area contributed by atoms with E-state index in [2.05, 4.69) is 26.7 Å². The van der Waals surface area contributed by atoms with Crippen LogP contribution >= 0.6 is 0 Å².